The van der Waals surface area contributed by atoms with Crippen molar-refractivity contribution in [2.45, 2.75) is 12.5 Å². The molecule has 0 saturated carbocycles. The van der Waals surface area contributed by atoms with Gasteiger partial charge in [0.15, 0.2) is 0 Å². The number of benzene rings is 2. The van der Waals surface area contributed by atoms with Crippen molar-refractivity contribution in [3.63, 3.8) is 0 Å². The van der Waals surface area contributed by atoms with Crippen LogP contribution in [0.1, 0.15) is 34.1 Å². The SMILES string of the molecule is COc1cccc(C(=O)N2N=C(c3cccc(NS(C)(=O)=O)c3)C[C@H]2c2ccco2)c1. The Morgan fingerprint density at radius 1 is 1.16 bits per heavy atom. The van der Waals surface area contributed by atoms with Crippen LogP contribution in [0.2, 0.25) is 0 Å². The minimum absolute atomic E-state index is 0.291. The predicted molar refractivity (Wildman–Crippen MR) is 117 cm³/mol. The van der Waals surface area contributed by atoms with Crippen molar-refractivity contribution in [1.29, 1.82) is 0 Å². The lowest BCUT2D eigenvalue weighted by atomic mass is 10.0. The molecule has 0 saturated heterocycles. The first-order valence-corrected chi connectivity index (χ1v) is 11.4. The Morgan fingerprint density at radius 2 is 1.97 bits per heavy atom. The van der Waals surface area contributed by atoms with Gasteiger partial charge in [0.1, 0.15) is 17.6 Å². The van der Waals surface area contributed by atoms with Crippen molar-refractivity contribution in [2.75, 3.05) is 18.1 Å². The zero-order valence-corrected chi connectivity index (χ0v) is 17.8. The first-order valence-electron chi connectivity index (χ1n) is 9.51. The molecular weight excluding hydrogens is 418 g/mol. The van der Waals surface area contributed by atoms with Gasteiger partial charge >= 0.3 is 0 Å². The fourth-order valence-electron chi connectivity index (χ4n) is 3.44. The van der Waals surface area contributed by atoms with Crippen LogP contribution in [0.25, 0.3) is 0 Å². The number of carbonyl (C=O) groups excluding carboxylic acids is 1. The highest BCUT2D eigenvalue weighted by molar-refractivity contribution is 7.92. The van der Waals surface area contributed by atoms with E-state index < -0.39 is 16.1 Å². The number of anilines is 1. The molecule has 1 aliphatic rings. The summed E-state index contributed by atoms with van der Waals surface area (Å²) in [6.45, 7) is 0. The molecule has 3 aromatic rings. The van der Waals surface area contributed by atoms with E-state index in [9.17, 15) is 13.2 Å². The Bertz CT molecular complexity index is 1240. The molecule has 1 atom stereocenters. The van der Waals surface area contributed by atoms with Crippen LogP contribution >= 0.6 is 0 Å². The number of nitrogens with zero attached hydrogens (tertiary/aromatic N) is 2. The molecule has 160 valence electrons. The van der Waals surface area contributed by atoms with Crippen LogP contribution in [0.3, 0.4) is 0 Å². The molecule has 1 aromatic heterocycles. The number of ether oxygens (including phenoxy) is 1. The number of nitrogens with one attached hydrogen (secondary N) is 1. The molecule has 0 aliphatic carbocycles. The van der Waals surface area contributed by atoms with Crippen LogP contribution in [-0.4, -0.2) is 38.4 Å². The van der Waals surface area contributed by atoms with Crippen molar-refractivity contribution in [1.82, 2.24) is 5.01 Å². The molecule has 4 rings (SSSR count). The molecule has 8 nitrogen and oxygen atoms in total. The van der Waals surface area contributed by atoms with Gasteiger partial charge in [-0.3, -0.25) is 9.52 Å². The maximum Gasteiger partial charge on any atom is 0.274 e. The highest BCUT2D eigenvalue weighted by Gasteiger charge is 2.35. The second-order valence-corrected chi connectivity index (χ2v) is 8.87. The molecule has 9 heteroatoms. The molecule has 0 spiro atoms. The summed E-state index contributed by atoms with van der Waals surface area (Å²) in [6, 6.07) is 16.9. The minimum Gasteiger partial charge on any atom is -0.497 e. The zero-order valence-electron chi connectivity index (χ0n) is 17.0. The molecule has 1 N–H and O–H groups in total. The molecule has 31 heavy (non-hydrogen) atoms. The number of rotatable bonds is 6. The van der Waals surface area contributed by atoms with Gasteiger partial charge in [0.2, 0.25) is 10.0 Å². The number of hydrazone groups is 1. The molecule has 0 unspecified atom stereocenters. The number of carbonyl (C=O) groups is 1. The lowest BCUT2D eigenvalue weighted by molar-refractivity contribution is 0.0692. The van der Waals surface area contributed by atoms with E-state index in [1.165, 1.54) is 5.01 Å². The van der Waals surface area contributed by atoms with Gasteiger partial charge in [-0.05, 0) is 48.0 Å². The predicted octanol–water partition coefficient (Wildman–Crippen LogP) is 3.65. The molecular formula is C22H21N3O5S. The number of furan rings is 1. The molecule has 0 radical (unpaired) electrons. The average molecular weight is 439 g/mol. The van der Waals surface area contributed by atoms with E-state index in [4.69, 9.17) is 9.15 Å². The first-order chi connectivity index (χ1) is 14.8. The number of hydrogen-bond acceptors (Lipinski definition) is 6. The average Bonchev–Trinajstić information content (AvgIpc) is 3.42. The van der Waals surface area contributed by atoms with Gasteiger partial charge < -0.3 is 9.15 Å². The standard InChI is InChI=1S/C22H21N3O5S/c1-29-18-9-4-7-16(13-18)22(26)25-20(21-10-5-11-30-21)14-19(23-25)15-6-3-8-17(12-15)24-31(2,27)28/h3-13,20,24H,14H2,1-2H3/t20-/m0/s1. The van der Waals surface area contributed by atoms with Crippen molar-refractivity contribution in [2.24, 2.45) is 5.10 Å². The van der Waals surface area contributed by atoms with Gasteiger partial charge in [-0.1, -0.05) is 18.2 Å². The molecule has 2 heterocycles. The summed E-state index contributed by atoms with van der Waals surface area (Å²) in [4.78, 5) is 13.3. The Hall–Kier alpha value is -3.59. The zero-order chi connectivity index (χ0) is 22.0. The van der Waals surface area contributed by atoms with Crippen LogP contribution in [0.4, 0.5) is 5.69 Å². The molecule has 0 bridgehead atoms. The van der Waals surface area contributed by atoms with Crippen LogP contribution < -0.4 is 9.46 Å². The third-order valence-corrected chi connectivity index (χ3v) is 5.41. The van der Waals surface area contributed by atoms with Crippen LogP contribution in [0.5, 0.6) is 5.75 Å². The van der Waals surface area contributed by atoms with Crippen molar-refractivity contribution in [3.05, 3.63) is 83.8 Å². The van der Waals surface area contributed by atoms with Crippen molar-refractivity contribution in [3.8, 4) is 5.75 Å². The summed E-state index contributed by atoms with van der Waals surface area (Å²) in [7, 11) is -1.87. The summed E-state index contributed by atoms with van der Waals surface area (Å²) >= 11 is 0. The lowest BCUT2D eigenvalue weighted by Gasteiger charge is -2.20. The molecule has 1 amide bonds. The van der Waals surface area contributed by atoms with Crippen molar-refractivity contribution < 1.29 is 22.4 Å². The Morgan fingerprint density at radius 3 is 2.68 bits per heavy atom. The third-order valence-electron chi connectivity index (χ3n) is 4.81. The number of amides is 1. The van der Waals surface area contributed by atoms with Gasteiger partial charge in [0.25, 0.3) is 5.91 Å². The number of methoxy groups -OCH3 is 1. The van der Waals surface area contributed by atoms with Gasteiger partial charge in [-0.2, -0.15) is 5.10 Å². The topological polar surface area (TPSA) is 101 Å². The normalized spacial score (nSPS) is 16.1. The lowest BCUT2D eigenvalue weighted by Crippen LogP contribution is -2.26. The fraction of sp³-hybridized carbons (Fsp3) is 0.182. The Balaban J connectivity index is 1.70. The molecule has 1 aliphatic heterocycles. The van der Waals surface area contributed by atoms with Gasteiger partial charge in [-0.15, -0.1) is 0 Å². The van der Waals surface area contributed by atoms with E-state index in [1.807, 2.05) is 6.07 Å². The minimum atomic E-state index is -3.41. The smallest absolute Gasteiger partial charge is 0.274 e. The molecule has 0 fully saturated rings. The quantitative estimate of drug-likeness (QED) is 0.632. The maximum atomic E-state index is 13.3. The summed E-state index contributed by atoms with van der Waals surface area (Å²) in [5, 5.41) is 5.99. The fourth-order valence-corrected chi connectivity index (χ4v) is 3.99. The van der Waals surface area contributed by atoms with E-state index in [0.717, 1.165) is 6.26 Å². The van der Waals surface area contributed by atoms with Crippen LogP contribution in [-0.2, 0) is 10.0 Å². The van der Waals surface area contributed by atoms with Crippen LogP contribution in [0.15, 0.2) is 76.4 Å². The largest absolute Gasteiger partial charge is 0.497 e. The summed E-state index contributed by atoms with van der Waals surface area (Å²) in [6.07, 6.45) is 3.07. The van der Waals surface area contributed by atoms with E-state index in [-0.39, 0.29) is 5.91 Å². The maximum absolute atomic E-state index is 13.3. The van der Waals surface area contributed by atoms with Crippen LogP contribution in [0, 0.1) is 0 Å². The Labute approximate surface area is 180 Å². The van der Waals surface area contributed by atoms with E-state index in [0.29, 0.717) is 40.5 Å². The number of hydrogen-bond donors (Lipinski definition) is 1. The van der Waals surface area contributed by atoms with E-state index >= 15 is 0 Å². The monoisotopic (exact) mass is 439 g/mol. The van der Waals surface area contributed by atoms with E-state index in [2.05, 4.69) is 9.82 Å². The van der Waals surface area contributed by atoms with Gasteiger partial charge in [0, 0.05) is 17.7 Å². The third kappa shape index (κ3) is 4.61. The second-order valence-electron chi connectivity index (χ2n) is 7.12. The summed E-state index contributed by atoms with van der Waals surface area (Å²) in [5.74, 6) is 0.893. The second kappa shape index (κ2) is 8.27. The Kier molecular flexibility index (Phi) is 5.51. The van der Waals surface area contributed by atoms with Gasteiger partial charge in [-0.25, -0.2) is 13.4 Å². The highest BCUT2D eigenvalue weighted by Crippen LogP contribution is 2.35. The number of sulfonamides is 1. The van der Waals surface area contributed by atoms with Gasteiger partial charge in [0.05, 0.1) is 25.3 Å². The summed E-state index contributed by atoms with van der Waals surface area (Å²) < 4.78 is 36.4. The van der Waals surface area contributed by atoms with E-state index in [1.54, 1.807) is 68.0 Å². The van der Waals surface area contributed by atoms with Crippen molar-refractivity contribution >= 4 is 27.3 Å². The highest BCUT2D eigenvalue weighted by atomic mass is 32.2. The first kappa shape index (κ1) is 20.7. The summed E-state index contributed by atoms with van der Waals surface area (Å²) in [5.41, 5.74) is 2.23. The molecule has 2 aromatic carbocycles.